The van der Waals surface area contributed by atoms with E-state index in [0.29, 0.717) is 30.1 Å². The number of allylic oxidation sites excluding steroid dienone is 4. The summed E-state index contributed by atoms with van der Waals surface area (Å²) in [7, 11) is 0. The molecule has 0 aromatic carbocycles. The SMILES string of the molecule is O=C(O)C[C@@H]1C=C[C@@H]2[C@H]1[C@@H]1C=C[C@H]2C1. The molecule has 0 radical (unpaired) electrons. The third-order valence-electron chi connectivity index (χ3n) is 4.07. The van der Waals surface area contributed by atoms with Crippen LogP contribution in [0.15, 0.2) is 24.3 Å². The van der Waals surface area contributed by atoms with Crippen molar-refractivity contribution in [2.24, 2.45) is 29.6 Å². The molecule has 2 nitrogen and oxygen atoms in total. The average Bonchev–Trinajstić information content (AvgIpc) is 2.74. The van der Waals surface area contributed by atoms with Gasteiger partial charge in [-0.05, 0) is 36.0 Å². The summed E-state index contributed by atoms with van der Waals surface area (Å²) in [6.45, 7) is 0. The molecule has 14 heavy (non-hydrogen) atoms. The first kappa shape index (κ1) is 8.27. The van der Waals surface area contributed by atoms with Gasteiger partial charge in [0.25, 0.3) is 0 Å². The molecular formula is C12H14O2. The van der Waals surface area contributed by atoms with E-state index in [9.17, 15) is 4.79 Å². The van der Waals surface area contributed by atoms with Crippen molar-refractivity contribution < 1.29 is 9.90 Å². The number of hydrogen-bond acceptors (Lipinski definition) is 1. The van der Waals surface area contributed by atoms with E-state index in [1.165, 1.54) is 6.42 Å². The number of carboxylic acids is 1. The number of rotatable bonds is 2. The topological polar surface area (TPSA) is 37.3 Å². The smallest absolute Gasteiger partial charge is 0.303 e. The van der Waals surface area contributed by atoms with Crippen LogP contribution < -0.4 is 0 Å². The number of carboxylic acid groups (broad SMARTS) is 1. The molecule has 0 aromatic rings. The van der Waals surface area contributed by atoms with Crippen molar-refractivity contribution in [3.8, 4) is 0 Å². The molecule has 0 heterocycles. The van der Waals surface area contributed by atoms with Gasteiger partial charge in [0.1, 0.15) is 0 Å². The molecule has 0 aromatic heterocycles. The zero-order valence-electron chi connectivity index (χ0n) is 7.97. The Balaban J connectivity index is 1.82. The summed E-state index contributed by atoms with van der Waals surface area (Å²) in [5.74, 6) is 2.24. The molecule has 2 heteroatoms. The second-order valence-corrected chi connectivity index (χ2v) is 4.75. The van der Waals surface area contributed by atoms with Gasteiger partial charge in [0.15, 0.2) is 0 Å². The summed E-state index contributed by atoms with van der Waals surface area (Å²) in [6.07, 6.45) is 10.6. The predicted molar refractivity (Wildman–Crippen MR) is 52.6 cm³/mol. The number of carbonyl (C=O) groups is 1. The Morgan fingerprint density at radius 3 is 2.79 bits per heavy atom. The summed E-state index contributed by atoms with van der Waals surface area (Å²) in [5.41, 5.74) is 0. The number of fused-ring (bicyclic) bond motifs is 5. The van der Waals surface area contributed by atoms with Crippen LogP contribution in [0, 0.1) is 29.6 Å². The lowest BCUT2D eigenvalue weighted by Crippen LogP contribution is -2.22. The van der Waals surface area contributed by atoms with Gasteiger partial charge in [-0.1, -0.05) is 24.3 Å². The molecule has 3 rings (SSSR count). The molecular weight excluding hydrogens is 176 g/mol. The Morgan fingerprint density at radius 1 is 1.21 bits per heavy atom. The molecule has 1 N–H and O–H groups in total. The molecule has 5 atom stereocenters. The van der Waals surface area contributed by atoms with E-state index in [4.69, 9.17) is 5.11 Å². The second kappa shape index (κ2) is 2.72. The van der Waals surface area contributed by atoms with Crippen molar-refractivity contribution in [2.45, 2.75) is 12.8 Å². The number of hydrogen-bond donors (Lipinski definition) is 1. The molecule has 0 spiro atoms. The second-order valence-electron chi connectivity index (χ2n) is 4.75. The van der Waals surface area contributed by atoms with E-state index in [1.807, 2.05) is 0 Å². The van der Waals surface area contributed by atoms with Crippen LogP contribution in [0.25, 0.3) is 0 Å². The van der Waals surface area contributed by atoms with Crippen LogP contribution in [0.3, 0.4) is 0 Å². The van der Waals surface area contributed by atoms with Crippen molar-refractivity contribution in [1.82, 2.24) is 0 Å². The minimum Gasteiger partial charge on any atom is -0.481 e. The molecule has 0 aliphatic heterocycles. The van der Waals surface area contributed by atoms with Crippen molar-refractivity contribution in [3.63, 3.8) is 0 Å². The van der Waals surface area contributed by atoms with E-state index in [2.05, 4.69) is 24.3 Å². The molecule has 3 aliphatic rings. The van der Waals surface area contributed by atoms with Gasteiger partial charge in [-0.2, -0.15) is 0 Å². The minimum absolute atomic E-state index is 0.289. The van der Waals surface area contributed by atoms with Crippen molar-refractivity contribution in [1.29, 1.82) is 0 Å². The molecule has 74 valence electrons. The van der Waals surface area contributed by atoms with Gasteiger partial charge in [0.2, 0.25) is 0 Å². The molecule has 3 aliphatic carbocycles. The zero-order valence-corrected chi connectivity index (χ0v) is 7.97. The van der Waals surface area contributed by atoms with E-state index in [-0.39, 0.29) is 5.92 Å². The molecule has 0 saturated heterocycles. The summed E-state index contributed by atoms with van der Waals surface area (Å²) in [4.78, 5) is 10.7. The fraction of sp³-hybridized carbons (Fsp3) is 0.583. The van der Waals surface area contributed by atoms with Crippen LogP contribution in [-0.2, 0) is 4.79 Å². The highest BCUT2D eigenvalue weighted by Crippen LogP contribution is 2.55. The third kappa shape index (κ3) is 0.999. The molecule has 2 bridgehead atoms. The summed E-state index contributed by atoms with van der Waals surface area (Å²) >= 11 is 0. The van der Waals surface area contributed by atoms with Gasteiger partial charge < -0.3 is 5.11 Å². The molecule has 1 saturated carbocycles. The molecule has 1 fully saturated rings. The summed E-state index contributed by atoms with van der Waals surface area (Å²) < 4.78 is 0. The first-order valence-corrected chi connectivity index (χ1v) is 5.34. The molecule has 0 unspecified atom stereocenters. The largest absolute Gasteiger partial charge is 0.481 e. The first-order chi connectivity index (χ1) is 6.75. The van der Waals surface area contributed by atoms with E-state index in [0.717, 1.165) is 0 Å². The standard InChI is InChI=1S/C12H14O2/c13-11(14)6-9-3-4-10-7-1-2-8(5-7)12(9)10/h1-4,7-10,12H,5-6H2,(H,13,14)/t7-,8+,9-,10-,12-/m0/s1. The Kier molecular flexibility index (Phi) is 1.61. The van der Waals surface area contributed by atoms with Crippen molar-refractivity contribution in [3.05, 3.63) is 24.3 Å². The van der Waals surface area contributed by atoms with E-state index in [1.54, 1.807) is 0 Å². The average molecular weight is 190 g/mol. The predicted octanol–water partition coefficient (Wildman–Crippen LogP) is 2.09. The molecule has 0 amide bonds. The zero-order chi connectivity index (χ0) is 9.71. The van der Waals surface area contributed by atoms with Crippen LogP contribution in [0.1, 0.15) is 12.8 Å². The van der Waals surface area contributed by atoms with Gasteiger partial charge >= 0.3 is 5.97 Å². The third-order valence-corrected chi connectivity index (χ3v) is 4.07. The highest BCUT2D eigenvalue weighted by Gasteiger charge is 2.48. The minimum atomic E-state index is -0.660. The van der Waals surface area contributed by atoms with Crippen molar-refractivity contribution in [2.75, 3.05) is 0 Å². The highest BCUT2D eigenvalue weighted by atomic mass is 16.4. The first-order valence-electron chi connectivity index (χ1n) is 5.34. The lowest BCUT2D eigenvalue weighted by molar-refractivity contribution is -0.138. The fourth-order valence-electron chi connectivity index (χ4n) is 3.58. The maximum Gasteiger partial charge on any atom is 0.303 e. The maximum absolute atomic E-state index is 10.7. The van der Waals surface area contributed by atoms with Crippen LogP contribution in [0.4, 0.5) is 0 Å². The van der Waals surface area contributed by atoms with Gasteiger partial charge in [0.05, 0.1) is 6.42 Å². The van der Waals surface area contributed by atoms with E-state index < -0.39 is 5.97 Å². The lowest BCUT2D eigenvalue weighted by atomic mass is 9.79. The van der Waals surface area contributed by atoms with Crippen LogP contribution in [0.2, 0.25) is 0 Å². The maximum atomic E-state index is 10.7. The van der Waals surface area contributed by atoms with Crippen LogP contribution in [-0.4, -0.2) is 11.1 Å². The normalized spacial score (nSPS) is 47.3. The lowest BCUT2D eigenvalue weighted by Gasteiger charge is -2.25. The van der Waals surface area contributed by atoms with Crippen molar-refractivity contribution >= 4 is 5.97 Å². The van der Waals surface area contributed by atoms with E-state index >= 15 is 0 Å². The van der Waals surface area contributed by atoms with Gasteiger partial charge in [0, 0.05) is 0 Å². The van der Waals surface area contributed by atoms with Crippen LogP contribution in [0.5, 0.6) is 0 Å². The Bertz CT molecular complexity index is 329. The van der Waals surface area contributed by atoms with Crippen LogP contribution >= 0.6 is 0 Å². The van der Waals surface area contributed by atoms with Gasteiger partial charge in [-0.3, -0.25) is 4.79 Å². The highest BCUT2D eigenvalue weighted by molar-refractivity contribution is 5.67. The Hall–Kier alpha value is -1.05. The summed E-state index contributed by atoms with van der Waals surface area (Å²) in [5, 5.41) is 8.81. The number of aliphatic carboxylic acids is 1. The van der Waals surface area contributed by atoms with Gasteiger partial charge in [-0.25, -0.2) is 0 Å². The Labute approximate surface area is 83.3 Å². The fourth-order valence-corrected chi connectivity index (χ4v) is 3.58. The van der Waals surface area contributed by atoms with Gasteiger partial charge in [-0.15, -0.1) is 0 Å². The quantitative estimate of drug-likeness (QED) is 0.677. The Morgan fingerprint density at radius 2 is 2.00 bits per heavy atom. The summed E-state index contributed by atoms with van der Waals surface area (Å²) in [6, 6.07) is 0. The monoisotopic (exact) mass is 190 g/mol.